The molecule has 0 aliphatic rings. The molecule has 2 aromatic carbocycles. The zero-order chi connectivity index (χ0) is 20.9. The number of Topliss-reactive ketones (excluding diaryl/α,β-unsaturated/α-hetero) is 1. The molecule has 150 valence electrons. The summed E-state index contributed by atoms with van der Waals surface area (Å²) in [7, 11) is -2.50. The Morgan fingerprint density at radius 1 is 1.07 bits per heavy atom. The molecular weight excluding hydrogens is 400 g/mol. The number of carbonyl (C=O) groups excluding carboxylic acids is 2. The molecule has 0 saturated heterocycles. The molecule has 1 atom stereocenters. The maximum Gasteiger partial charge on any atom is 0.243 e. The SMILES string of the molecule is CCC(NC(=O)CN(C)S(=O)(=O)c1ccc(C(C)=O)cc1)c1ccc(Cl)cc1. The van der Waals surface area contributed by atoms with Crippen molar-refractivity contribution in [1.29, 1.82) is 0 Å². The number of sulfonamides is 1. The second-order valence-corrected chi connectivity index (χ2v) is 8.90. The van der Waals surface area contributed by atoms with Crippen LogP contribution in [-0.4, -0.2) is 38.0 Å². The molecule has 2 rings (SSSR count). The Hall–Kier alpha value is -2.22. The molecule has 0 fully saturated rings. The van der Waals surface area contributed by atoms with Crippen molar-refractivity contribution < 1.29 is 18.0 Å². The maximum absolute atomic E-state index is 12.7. The molecular formula is C20H23ClN2O4S. The van der Waals surface area contributed by atoms with Gasteiger partial charge in [-0.05, 0) is 43.2 Å². The largest absolute Gasteiger partial charge is 0.348 e. The van der Waals surface area contributed by atoms with Crippen molar-refractivity contribution in [2.24, 2.45) is 0 Å². The first-order valence-corrected chi connectivity index (χ1v) is 10.6. The average Bonchev–Trinajstić information content (AvgIpc) is 2.66. The van der Waals surface area contributed by atoms with E-state index in [0.29, 0.717) is 17.0 Å². The lowest BCUT2D eigenvalue weighted by molar-refractivity contribution is -0.121. The topological polar surface area (TPSA) is 83.6 Å². The van der Waals surface area contributed by atoms with Crippen LogP contribution in [0.5, 0.6) is 0 Å². The molecule has 0 aliphatic heterocycles. The number of likely N-dealkylation sites (N-methyl/N-ethyl adjacent to an activating group) is 1. The molecule has 2 aromatic rings. The van der Waals surface area contributed by atoms with E-state index in [9.17, 15) is 18.0 Å². The summed E-state index contributed by atoms with van der Waals surface area (Å²) in [6, 6.07) is 12.5. The Balaban J connectivity index is 2.07. The predicted molar refractivity (Wildman–Crippen MR) is 109 cm³/mol. The van der Waals surface area contributed by atoms with Crippen molar-refractivity contribution in [3.63, 3.8) is 0 Å². The Labute approximate surface area is 170 Å². The van der Waals surface area contributed by atoms with E-state index in [1.54, 1.807) is 12.1 Å². The summed E-state index contributed by atoms with van der Waals surface area (Å²) in [4.78, 5) is 23.8. The minimum absolute atomic E-state index is 0.0255. The number of hydrogen-bond acceptors (Lipinski definition) is 4. The molecule has 6 nitrogen and oxygen atoms in total. The lowest BCUT2D eigenvalue weighted by Crippen LogP contribution is -2.39. The first-order valence-electron chi connectivity index (χ1n) is 8.77. The molecule has 1 unspecified atom stereocenters. The minimum atomic E-state index is -3.85. The molecule has 1 amide bonds. The molecule has 0 aliphatic carbocycles. The Kier molecular flexibility index (Phi) is 7.35. The van der Waals surface area contributed by atoms with E-state index < -0.39 is 15.9 Å². The summed E-state index contributed by atoms with van der Waals surface area (Å²) in [5.74, 6) is -0.558. The molecule has 0 heterocycles. The van der Waals surface area contributed by atoms with Crippen molar-refractivity contribution in [2.45, 2.75) is 31.2 Å². The highest BCUT2D eigenvalue weighted by Gasteiger charge is 2.24. The van der Waals surface area contributed by atoms with Crippen molar-refractivity contribution in [3.8, 4) is 0 Å². The molecule has 0 bridgehead atoms. The van der Waals surface area contributed by atoms with Crippen LogP contribution in [-0.2, 0) is 14.8 Å². The third-order valence-corrected chi connectivity index (χ3v) is 6.42. The van der Waals surface area contributed by atoms with Crippen LogP contribution in [0.15, 0.2) is 53.4 Å². The number of nitrogens with zero attached hydrogens (tertiary/aromatic N) is 1. The van der Waals surface area contributed by atoms with Crippen LogP contribution in [0.3, 0.4) is 0 Å². The van der Waals surface area contributed by atoms with Crippen LogP contribution in [0.2, 0.25) is 5.02 Å². The summed E-state index contributed by atoms with van der Waals surface area (Å²) < 4.78 is 26.3. The summed E-state index contributed by atoms with van der Waals surface area (Å²) in [6.07, 6.45) is 0.649. The van der Waals surface area contributed by atoms with Gasteiger partial charge in [-0.15, -0.1) is 0 Å². The summed E-state index contributed by atoms with van der Waals surface area (Å²) in [5.41, 5.74) is 1.32. The third kappa shape index (κ3) is 5.41. The highest BCUT2D eigenvalue weighted by atomic mass is 35.5. The fourth-order valence-corrected chi connectivity index (χ4v) is 3.94. The molecule has 28 heavy (non-hydrogen) atoms. The van der Waals surface area contributed by atoms with E-state index in [0.717, 1.165) is 9.87 Å². The van der Waals surface area contributed by atoms with Crippen LogP contribution >= 0.6 is 11.6 Å². The van der Waals surface area contributed by atoms with Gasteiger partial charge < -0.3 is 5.32 Å². The van der Waals surface area contributed by atoms with Gasteiger partial charge in [0.2, 0.25) is 15.9 Å². The number of hydrogen-bond donors (Lipinski definition) is 1. The van der Waals surface area contributed by atoms with E-state index in [1.165, 1.54) is 38.2 Å². The van der Waals surface area contributed by atoms with Gasteiger partial charge in [0.1, 0.15) is 0 Å². The quantitative estimate of drug-likeness (QED) is 0.660. The number of nitrogens with one attached hydrogen (secondary N) is 1. The fraction of sp³-hybridized carbons (Fsp3) is 0.300. The standard InChI is InChI=1S/C20H23ClN2O4S/c1-4-19(16-5-9-17(21)10-6-16)22-20(25)13-23(3)28(26,27)18-11-7-15(8-12-18)14(2)24/h5-12,19H,4,13H2,1-3H3,(H,22,25). The summed E-state index contributed by atoms with van der Waals surface area (Å²) in [5, 5.41) is 3.45. The van der Waals surface area contributed by atoms with Crippen molar-refractivity contribution in [3.05, 3.63) is 64.7 Å². The number of halogens is 1. The molecule has 0 radical (unpaired) electrons. The second kappa shape index (κ2) is 9.32. The van der Waals surface area contributed by atoms with Gasteiger partial charge in [0.15, 0.2) is 5.78 Å². The zero-order valence-electron chi connectivity index (χ0n) is 16.0. The van der Waals surface area contributed by atoms with Gasteiger partial charge in [0.25, 0.3) is 0 Å². The number of rotatable bonds is 8. The lowest BCUT2D eigenvalue weighted by atomic mass is 10.0. The molecule has 8 heteroatoms. The van der Waals surface area contributed by atoms with Crippen LogP contribution in [0, 0.1) is 0 Å². The predicted octanol–water partition coefficient (Wildman–Crippen LogP) is 3.43. The first kappa shape index (κ1) is 22.1. The van der Waals surface area contributed by atoms with Crippen LogP contribution in [0.4, 0.5) is 0 Å². The van der Waals surface area contributed by atoms with Gasteiger partial charge in [0, 0.05) is 17.6 Å². The fourth-order valence-electron chi connectivity index (χ4n) is 2.68. The van der Waals surface area contributed by atoms with Crippen molar-refractivity contribution in [2.75, 3.05) is 13.6 Å². The monoisotopic (exact) mass is 422 g/mol. The molecule has 0 aromatic heterocycles. The van der Waals surface area contributed by atoms with Gasteiger partial charge in [-0.25, -0.2) is 8.42 Å². The lowest BCUT2D eigenvalue weighted by Gasteiger charge is -2.21. The Bertz CT molecular complexity index is 941. The average molecular weight is 423 g/mol. The van der Waals surface area contributed by atoms with E-state index in [4.69, 9.17) is 11.6 Å². The minimum Gasteiger partial charge on any atom is -0.348 e. The molecule has 1 N–H and O–H groups in total. The number of benzene rings is 2. The van der Waals surface area contributed by atoms with Crippen LogP contribution in [0.1, 0.15) is 42.2 Å². The van der Waals surface area contributed by atoms with E-state index in [2.05, 4.69) is 5.32 Å². The van der Waals surface area contributed by atoms with E-state index in [1.807, 2.05) is 19.1 Å². The second-order valence-electron chi connectivity index (χ2n) is 6.42. The van der Waals surface area contributed by atoms with Crippen LogP contribution in [0.25, 0.3) is 0 Å². The Morgan fingerprint density at radius 3 is 2.14 bits per heavy atom. The van der Waals surface area contributed by atoms with Crippen LogP contribution < -0.4 is 5.32 Å². The van der Waals surface area contributed by atoms with Gasteiger partial charge in [-0.1, -0.05) is 42.8 Å². The normalized spacial score (nSPS) is 12.6. The summed E-state index contributed by atoms with van der Waals surface area (Å²) >= 11 is 5.89. The maximum atomic E-state index is 12.7. The third-order valence-electron chi connectivity index (χ3n) is 4.35. The van der Waals surface area contributed by atoms with Gasteiger partial charge in [-0.2, -0.15) is 4.31 Å². The molecule has 0 saturated carbocycles. The number of carbonyl (C=O) groups is 2. The first-order chi connectivity index (χ1) is 13.1. The van der Waals surface area contributed by atoms with Gasteiger partial charge in [-0.3, -0.25) is 9.59 Å². The Morgan fingerprint density at radius 2 is 1.64 bits per heavy atom. The highest BCUT2D eigenvalue weighted by Crippen LogP contribution is 2.20. The van der Waals surface area contributed by atoms with E-state index >= 15 is 0 Å². The highest BCUT2D eigenvalue weighted by molar-refractivity contribution is 7.89. The smallest absolute Gasteiger partial charge is 0.243 e. The number of ketones is 1. The van der Waals surface area contributed by atoms with E-state index in [-0.39, 0.29) is 23.3 Å². The number of amides is 1. The summed E-state index contributed by atoms with van der Waals surface area (Å²) in [6.45, 7) is 3.02. The molecule has 0 spiro atoms. The van der Waals surface area contributed by atoms with Gasteiger partial charge >= 0.3 is 0 Å². The van der Waals surface area contributed by atoms with Crippen molar-refractivity contribution in [1.82, 2.24) is 9.62 Å². The zero-order valence-corrected chi connectivity index (χ0v) is 17.5. The van der Waals surface area contributed by atoms with Crippen molar-refractivity contribution >= 4 is 33.3 Å². The van der Waals surface area contributed by atoms with Gasteiger partial charge in [0.05, 0.1) is 17.5 Å².